The first-order valence-electron chi connectivity index (χ1n) is 12.4. The van der Waals surface area contributed by atoms with Crippen molar-refractivity contribution >= 4 is 54.2 Å². The van der Waals surface area contributed by atoms with Crippen molar-refractivity contribution in [1.82, 2.24) is 9.29 Å². The lowest BCUT2D eigenvalue weighted by Crippen LogP contribution is -2.44. The Hall–Kier alpha value is -3.18. The molecule has 1 aliphatic heterocycles. The van der Waals surface area contributed by atoms with E-state index in [9.17, 15) is 13.2 Å². The third-order valence-corrected chi connectivity index (χ3v) is 10.3. The zero-order chi connectivity index (χ0) is 27.6. The molecule has 0 saturated carbocycles. The molecule has 8 nitrogen and oxygen atoms in total. The molecule has 0 N–H and O–H groups in total. The number of carbonyl (C=O) groups excluding carboxylic acids is 1. The first-order valence-corrected chi connectivity index (χ1v) is 15.1. The van der Waals surface area contributed by atoms with Gasteiger partial charge in [-0.3, -0.25) is 9.69 Å². The minimum atomic E-state index is -3.67. The minimum Gasteiger partial charge on any atom is -0.497 e. The highest BCUT2D eigenvalue weighted by Crippen LogP contribution is 2.40. The fourth-order valence-electron chi connectivity index (χ4n) is 4.69. The summed E-state index contributed by atoms with van der Waals surface area (Å²) >= 11 is 7.80. The van der Waals surface area contributed by atoms with E-state index in [1.54, 1.807) is 48.4 Å². The molecule has 5 rings (SSSR count). The molecule has 3 aromatic carbocycles. The zero-order valence-corrected chi connectivity index (χ0v) is 23.9. The maximum absolute atomic E-state index is 14.0. The van der Waals surface area contributed by atoms with Crippen molar-refractivity contribution in [3.8, 4) is 11.5 Å². The van der Waals surface area contributed by atoms with Crippen LogP contribution < -0.4 is 14.4 Å². The van der Waals surface area contributed by atoms with Crippen molar-refractivity contribution in [1.29, 1.82) is 0 Å². The number of anilines is 1. The van der Waals surface area contributed by atoms with Gasteiger partial charge in [0, 0.05) is 19.0 Å². The number of aromatic nitrogens is 1. The average Bonchev–Trinajstić information content (AvgIpc) is 3.43. The summed E-state index contributed by atoms with van der Waals surface area (Å²) in [6.45, 7) is 0.844. The number of benzene rings is 3. The number of amides is 1. The fourth-order valence-corrected chi connectivity index (χ4v) is 7.42. The zero-order valence-electron chi connectivity index (χ0n) is 21.5. The summed E-state index contributed by atoms with van der Waals surface area (Å²) in [5.74, 6) is 0.737. The van der Waals surface area contributed by atoms with Gasteiger partial charge >= 0.3 is 0 Å². The molecule has 0 radical (unpaired) electrons. The Balaban J connectivity index is 1.39. The Morgan fingerprint density at radius 2 is 1.72 bits per heavy atom. The van der Waals surface area contributed by atoms with Gasteiger partial charge in [0.2, 0.25) is 15.9 Å². The number of piperidine rings is 1. The molecule has 1 aromatic heterocycles. The summed E-state index contributed by atoms with van der Waals surface area (Å²) in [6, 6.07) is 19.6. The molecular weight excluding hydrogens is 558 g/mol. The molecule has 0 unspecified atom stereocenters. The van der Waals surface area contributed by atoms with Gasteiger partial charge in [0.05, 0.1) is 35.4 Å². The molecule has 0 bridgehead atoms. The summed E-state index contributed by atoms with van der Waals surface area (Å²) in [5, 5.41) is 1.07. The third kappa shape index (κ3) is 5.60. The first kappa shape index (κ1) is 27.4. The van der Waals surface area contributed by atoms with Crippen LogP contribution in [0.5, 0.6) is 11.5 Å². The van der Waals surface area contributed by atoms with Gasteiger partial charge in [0.1, 0.15) is 17.0 Å². The molecule has 204 valence electrons. The number of carbonyl (C=O) groups is 1. The molecule has 0 aliphatic carbocycles. The topological polar surface area (TPSA) is 89.0 Å². The molecule has 0 atom stereocenters. The van der Waals surface area contributed by atoms with Crippen LogP contribution in [0.15, 0.2) is 71.6 Å². The Morgan fingerprint density at radius 1 is 1.03 bits per heavy atom. The summed E-state index contributed by atoms with van der Waals surface area (Å²) in [6.07, 6.45) is 0.822. The van der Waals surface area contributed by atoms with Crippen LogP contribution >= 0.6 is 22.9 Å². The highest BCUT2D eigenvalue weighted by atomic mass is 35.5. The van der Waals surface area contributed by atoms with Crippen LogP contribution in [0.4, 0.5) is 5.13 Å². The lowest BCUT2D eigenvalue weighted by molar-refractivity contribution is -0.123. The van der Waals surface area contributed by atoms with Crippen molar-refractivity contribution in [2.75, 3.05) is 32.2 Å². The molecule has 4 aromatic rings. The van der Waals surface area contributed by atoms with Crippen molar-refractivity contribution in [3.05, 3.63) is 77.3 Å². The van der Waals surface area contributed by atoms with Crippen LogP contribution in [-0.2, 0) is 21.4 Å². The monoisotopic (exact) mass is 585 g/mol. The van der Waals surface area contributed by atoms with E-state index in [4.69, 9.17) is 26.1 Å². The van der Waals surface area contributed by atoms with Crippen LogP contribution in [0.3, 0.4) is 0 Å². The van der Waals surface area contributed by atoms with E-state index in [1.807, 2.05) is 30.3 Å². The van der Waals surface area contributed by atoms with Crippen molar-refractivity contribution < 1.29 is 22.7 Å². The largest absolute Gasteiger partial charge is 0.497 e. The molecular formula is C28H28ClN3O5S2. The van der Waals surface area contributed by atoms with Crippen molar-refractivity contribution in [3.63, 3.8) is 0 Å². The third-order valence-electron chi connectivity index (χ3n) is 6.85. The van der Waals surface area contributed by atoms with E-state index >= 15 is 0 Å². The van der Waals surface area contributed by atoms with E-state index in [0.717, 1.165) is 10.3 Å². The average molecular weight is 586 g/mol. The van der Waals surface area contributed by atoms with Crippen molar-refractivity contribution in [2.24, 2.45) is 5.92 Å². The van der Waals surface area contributed by atoms with Gasteiger partial charge in [-0.15, -0.1) is 0 Å². The van der Waals surface area contributed by atoms with Gasteiger partial charge in [0.25, 0.3) is 0 Å². The molecule has 1 amide bonds. The predicted molar refractivity (Wildman–Crippen MR) is 153 cm³/mol. The van der Waals surface area contributed by atoms with Gasteiger partial charge in [-0.25, -0.2) is 13.4 Å². The number of methoxy groups -OCH3 is 2. The van der Waals surface area contributed by atoms with E-state index in [1.165, 1.54) is 22.8 Å². The number of hydrogen-bond donors (Lipinski definition) is 0. The predicted octanol–water partition coefficient (Wildman–Crippen LogP) is 5.60. The Labute approximate surface area is 236 Å². The first-order chi connectivity index (χ1) is 18.8. The number of thiazole rings is 1. The summed E-state index contributed by atoms with van der Waals surface area (Å²) in [4.78, 5) is 20.6. The lowest BCUT2D eigenvalue weighted by Gasteiger charge is -2.33. The van der Waals surface area contributed by atoms with Crippen LogP contribution in [-0.4, -0.2) is 50.9 Å². The lowest BCUT2D eigenvalue weighted by atomic mass is 9.96. The molecule has 11 heteroatoms. The molecule has 1 aliphatic rings. The molecule has 39 heavy (non-hydrogen) atoms. The summed E-state index contributed by atoms with van der Waals surface area (Å²) < 4.78 is 39.2. The highest BCUT2D eigenvalue weighted by molar-refractivity contribution is 7.89. The second kappa shape index (κ2) is 11.5. The Bertz CT molecular complexity index is 1570. The normalized spacial score (nSPS) is 14.8. The van der Waals surface area contributed by atoms with Gasteiger partial charge in [-0.05, 0) is 54.8 Å². The Kier molecular flexibility index (Phi) is 8.08. The van der Waals surface area contributed by atoms with Crippen LogP contribution in [0, 0.1) is 5.92 Å². The number of ether oxygens (including phenoxy) is 2. The van der Waals surface area contributed by atoms with Crippen LogP contribution in [0.1, 0.15) is 18.4 Å². The number of fused-ring (bicyclic) bond motifs is 1. The fraction of sp³-hybridized carbons (Fsp3) is 0.286. The quantitative estimate of drug-likeness (QED) is 0.267. The standard InChI is InChI=1S/C28H28ClN3O5S2/c1-36-21-8-10-22(11-9-21)39(34,35)31-16-14-20(15-17-31)27(33)32(18-19-6-4-3-5-7-19)28-30-25-24(37-2)13-12-23(29)26(25)38-28/h3-13,20H,14-18H2,1-2H3. The molecule has 1 fully saturated rings. The van der Waals surface area contributed by atoms with Crippen LogP contribution in [0.25, 0.3) is 10.2 Å². The van der Waals surface area contributed by atoms with Crippen LogP contribution in [0.2, 0.25) is 5.02 Å². The number of halogens is 1. The number of nitrogens with zero attached hydrogens (tertiary/aromatic N) is 3. The van der Waals surface area contributed by atoms with E-state index in [0.29, 0.717) is 46.6 Å². The Morgan fingerprint density at radius 3 is 2.36 bits per heavy atom. The van der Waals surface area contributed by atoms with Gasteiger partial charge in [-0.2, -0.15) is 4.31 Å². The second-order valence-corrected chi connectivity index (χ2v) is 12.5. The van der Waals surface area contributed by atoms with Gasteiger partial charge in [0.15, 0.2) is 5.13 Å². The second-order valence-electron chi connectivity index (χ2n) is 9.19. The maximum atomic E-state index is 14.0. The smallest absolute Gasteiger partial charge is 0.243 e. The minimum absolute atomic E-state index is 0.0884. The van der Waals surface area contributed by atoms with E-state index < -0.39 is 10.0 Å². The molecule has 1 saturated heterocycles. The summed E-state index contributed by atoms with van der Waals surface area (Å²) in [7, 11) is -0.568. The summed E-state index contributed by atoms with van der Waals surface area (Å²) in [5.41, 5.74) is 1.57. The molecule has 0 spiro atoms. The van der Waals surface area contributed by atoms with Gasteiger partial charge in [-0.1, -0.05) is 53.3 Å². The SMILES string of the molecule is COc1ccc(S(=O)(=O)N2CCC(C(=O)N(Cc3ccccc3)c3nc4c(OC)ccc(Cl)c4s3)CC2)cc1. The maximum Gasteiger partial charge on any atom is 0.243 e. The number of hydrogen-bond acceptors (Lipinski definition) is 7. The molecule has 2 heterocycles. The van der Waals surface area contributed by atoms with E-state index in [-0.39, 0.29) is 29.8 Å². The highest BCUT2D eigenvalue weighted by Gasteiger charge is 2.35. The van der Waals surface area contributed by atoms with E-state index in [2.05, 4.69) is 0 Å². The van der Waals surface area contributed by atoms with Gasteiger partial charge < -0.3 is 9.47 Å². The number of sulfonamides is 1. The number of rotatable bonds is 8. The van der Waals surface area contributed by atoms with Crippen molar-refractivity contribution in [2.45, 2.75) is 24.3 Å².